The average molecular weight is 329 g/mol. The van der Waals surface area contributed by atoms with Gasteiger partial charge in [-0.15, -0.1) is 0 Å². The molecule has 0 amide bonds. The molecular formula is C12H7BrF2N2O2. The van der Waals surface area contributed by atoms with Crippen molar-refractivity contribution in [1.82, 2.24) is 4.98 Å². The second-order valence-corrected chi connectivity index (χ2v) is 4.43. The number of nitrogens with one attached hydrogen (secondary N) is 1. The van der Waals surface area contributed by atoms with Crippen molar-refractivity contribution in [2.75, 3.05) is 5.32 Å². The van der Waals surface area contributed by atoms with E-state index >= 15 is 0 Å². The van der Waals surface area contributed by atoms with Crippen LogP contribution in [0, 0.1) is 11.6 Å². The summed E-state index contributed by atoms with van der Waals surface area (Å²) < 4.78 is 27.0. The smallest absolute Gasteiger partial charge is 0.339 e. The van der Waals surface area contributed by atoms with E-state index in [-0.39, 0.29) is 17.1 Å². The average Bonchev–Trinajstić information content (AvgIpc) is 2.35. The van der Waals surface area contributed by atoms with E-state index in [9.17, 15) is 13.6 Å². The molecule has 0 bridgehead atoms. The Morgan fingerprint density at radius 2 is 2.11 bits per heavy atom. The van der Waals surface area contributed by atoms with Gasteiger partial charge in [0.25, 0.3) is 0 Å². The number of carboxylic acid groups (broad SMARTS) is 1. The van der Waals surface area contributed by atoms with Crippen LogP contribution in [-0.2, 0) is 0 Å². The van der Waals surface area contributed by atoms with Crippen molar-refractivity contribution in [3.63, 3.8) is 0 Å². The van der Waals surface area contributed by atoms with Crippen molar-refractivity contribution in [2.45, 2.75) is 0 Å². The number of hydrogen-bond donors (Lipinski definition) is 2. The zero-order chi connectivity index (χ0) is 14.0. The minimum atomic E-state index is -1.36. The number of carbonyl (C=O) groups is 1. The maximum Gasteiger partial charge on any atom is 0.339 e. The first-order valence-electron chi connectivity index (χ1n) is 5.09. The fourth-order valence-electron chi connectivity index (χ4n) is 1.44. The number of rotatable bonds is 3. The molecule has 0 radical (unpaired) electrons. The number of carboxylic acids is 1. The normalized spacial score (nSPS) is 10.3. The Bertz CT molecular complexity index is 629. The third kappa shape index (κ3) is 2.87. The van der Waals surface area contributed by atoms with Crippen molar-refractivity contribution in [3.05, 3.63) is 52.1 Å². The number of nitrogens with zero attached hydrogens (tertiary/aromatic N) is 1. The Hall–Kier alpha value is -2.02. The molecule has 0 aliphatic heterocycles. The molecule has 1 heterocycles. The number of benzene rings is 1. The fraction of sp³-hybridized carbons (Fsp3) is 0. The van der Waals surface area contributed by atoms with Crippen LogP contribution < -0.4 is 5.32 Å². The second kappa shape index (κ2) is 5.31. The number of pyridine rings is 1. The molecule has 0 aliphatic carbocycles. The molecule has 98 valence electrons. The zero-order valence-electron chi connectivity index (χ0n) is 9.32. The summed E-state index contributed by atoms with van der Waals surface area (Å²) in [6.07, 6.45) is 0.851. The van der Waals surface area contributed by atoms with Crippen LogP contribution in [0.25, 0.3) is 0 Å². The van der Waals surface area contributed by atoms with Gasteiger partial charge < -0.3 is 10.4 Å². The Labute approximate surface area is 115 Å². The van der Waals surface area contributed by atoms with Gasteiger partial charge in [0.15, 0.2) is 0 Å². The summed E-state index contributed by atoms with van der Waals surface area (Å²) >= 11 is 3.13. The molecule has 1 aromatic heterocycles. The number of anilines is 2. The Kier molecular flexibility index (Phi) is 3.75. The van der Waals surface area contributed by atoms with Crippen molar-refractivity contribution < 1.29 is 18.7 Å². The predicted molar refractivity (Wildman–Crippen MR) is 68.5 cm³/mol. The van der Waals surface area contributed by atoms with Crippen molar-refractivity contribution >= 4 is 33.4 Å². The molecule has 0 aliphatic rings. The number of aromatic carboxylic acids is 1. The van der Waals surface area contributed by atoms with Gasteiger partial charge in [0.1, 0.15) is 23.0 Å². The van der Waals surface area contributed by atoms with Gasteiger partial charge in [-0.05, 0) is 34.1 Å². The van der Waals surface area contributed by atoms with Gasteiger partial charge in [0, 0.05) is 4.47 Å². The molecule has 0 saturated heterocycles. The van der Waals surface area contributed by atoms with Gasteiger partial charge in [-0.2, -0.15) is 0 Å². The number of para-hydroxylation sites is 1. The maximum atomic E-state index is 13.6. The highest BCUT2D eigenvalue weighted by molar-refractivity contribution is 9.10. The summed E-state index contributed by atoms with van der Waals surface area (Å²) in [4.78, 5) is 14.6. The van der Waals surface area contributed by atoms with Crippen LogP contribution in [0.15, 0.2) is 34.9 Å². The lowest BCUT2D eigenvalue weighted by atomic mass is 10.2. The van der Waals surface area contributed by atoms with Gasteiger partial charge >= 0.3 is 5.97 Å². The predicted octanol–water partition coefficient (Wildman–Crippen LogP) is 3.56. The zero-order valence-corrected chi connectivity index (χ0v) is 10.9. The molecule has 0 saturated carbocycles. The van der Waals surface area contributed by atoms with Gasteiger partial charge in [0.2, 0.25) is 0 Å². The Morgan fingerprint density at radius 1 is 1.37 bits per heavy atom. The topological polar surface area (TPSA) is 62.2 Å². The number of aromatic nitrogens is 1. The highest BCUT2D eigenvalue weighted by Gasteiger charge is 2.15. The Morgan fingerprint density at radius 3 is 2.74 bits per heavy atom. The lowest BCUT2D eigenvalue weighted by Crippen LogP contribution is -2.06. The summed E-state index contributed by atoms with van der Waals surface area (Å²) in [6, 6.07) is 5.08. The first kappa shape index (κ1) is 13.4. The van der Waals surface area contributed by atoms with Crippen molar-refractivity contribution in [1.29, 1.82) is 0 Å². The van der Waals surface area contributed by atoms with Crippen LogP contribution in [0.4, 0.5) is 20.3 Å². The van der Waals surface area contributed by atoms with Gasteiger partial charge in [-0.1, -0.05) is 6.07 Å². The van der Waals surface area contributed by atoms with E-state index in [1.807, 2.05) is 0 Å². The summed E-state index contributed by atoms with van der Waals surface area (Å²) in [7, 11) is 0. The highest BCUT2D eigenvalue weighted by atomic mass is 79.9. The minimum Gasteiger partial charge on any atom is -0.478 e. The molecule has 4 nitrogen and oxygen atoms in total. The molecule has 2 aromatic rings. The summed E-state index contributed by atoms with van der Waals surface area (Å²) in [5.74, 6) is -2.87. The van der Waals surface area contributed by atoms with E-state index in [4.69, 9.17) is 5.11 Å². The van der Waals surface area contributed by atoms with E-state index in [0.29, 0.717) is 4.47 Å². The molecule has 0 unspecified atom stereocenters. The monoisotopic (exact) mass is 328 g/mol. The first-order valence-corrected chi connectivity index (χ1v) is 5.88. The van der Waals surface area contributed by atoms with Crippen LogP contribution in [0.3, 0.4) is 0 Å². The van der Waals surface area contributed by atoms with Gasteiger partial charge in [-0.25, -0.2) is 18.6 Å². The lowest BCUT2D eigenvalue weighted by molar-refractivity contribution is 0.0697. The molecule has 19 heavy (non-hydrogen) atoms. The molecular weight excluding hydrogens is 322 g/mol. The highest BCUT2D eigenvalue weighted by Crippen LogP contribution is 2.29. The molecule has 0 fully saturated rings. The van der Waals surface area contributed by atoms with Crippen LogP contribution in [0.5, 0.6) is 0 Å². The first-order chi connectivity index (χ1) is 8.99. The van der Waals surface area contributed by atoms with Crippen LogP contribution >= 0.6 is 15.9 Å². The van der Waals surface area contributed by atoms with Gasteiger partial charge in [-0.3, -0.25) is 0 Å². The summed E-state index contributed by atoms with van der Waals surface area (Å²) in [5.41, 5.74) is -0.348. The molecule has 7 heteroatoms. The number of halogens is 3. The van der Waals surface area contributed by atoms with Crippen LogP contribution in [-0.4, -0.2) is 16.1 Å². The largest absolute Gasteiger partial charge is 0.478 e. The van der Waals surface area contributed by atoms with Crippen molar-refractivity contribution in [3.8, 4) is 0 Å². The lowest BCUT2D eigenvalue weighted by Gasteiger charge is -2.10. The van der Waals surface area contributed by atoms with E-state index < -0.39 is 17.6 Å². The standard InChI is InChI=1S/C12H7BrF2N2O2/c13-8-2-1-3-9(15)10(8)17-11-7(12(18)19)4-6(14)5-16-11/h1-5H,(H,16,17)(H,18,19). The minimum absolute atomic E-state index is 0.0316. The van der Waals surface area contributed by atoms with E-state index in [2.05, 4.69) is 26.2 Å². The molecule has 1 aromatic carbocycles. The van der Waals surface area contributed by atoms with Crippen molar-refractivity contribution in [2.24, 2.45) is 0 Å². The maximum absolute atomic E-state index is 13.6. The van der Waals surface area contributed by atoms with Crippen LogP contribution in [0.2, 0.25) is 0 Å². The number of hydrogen-bond acceptors (Lipinski definition) is 3. The molecule has 2 rings (SSSR count). The van der Waals surface area contributed by atoms with E-state index in [1.165, 1.54) is 12.1 Å². The van der Waals surface area contributed by atoms with Crippen LogP contribution in [0.1, 0.15) is 10.4 Å². The third-order valence-electron chi connectivity index (χ3n) is 2.29. The molecule has 2 N–H and O–H groups in total. The summed E-state index contributed by atoms with van der Waals surface area (Å²) in [5, 5.41) is 11.5. The Balaban J connectivity index is 2.47. The molecule has 0 atom stereocenters. The summed E-state index contributed by atoms with van der Waals surface area (Å²) in [6.45, 7) is 0. The van der Waals surface area contributed by atoms with E-state index in [1.54, 1.807) is 6.07 Å². The van der Waals surface area contributed by atoms with Gasteiger partial charge in [0.05, 0.1) is 11.9 Å². The second-order valence-electron chi connectivity index (χ2n) is 3.58. The van der Waals surface area contributed by atoms with E-state index in [0.717, 1.165) is 12.3 Å². The fourth-order valence-corrected chi connectivity index (χ4v) is 1.88. The third-order valence-corrected chi connectivity index (χ3v) is 2.95. The quantitative estimate of drug-likeness (QED) is 0.904. The SMILES string of the molecule is O=C(O)c1cc(F)cnc1Nc1c(F)cccc1Br. The molecule has 0 spiro atoms.